The van der Waals surface area contributed by atoms with Crippen molar-refractivity contribution < 1.29 is 9.90 Å². The smallest absolute Gasteiger partial charge is 0.345 e. The summed E-state index contributed by atoms with van der Waals surface area (Å²) in [6, 6.07) is 7.20. The molecule has 3 rings (SSSR count). The molecule has 0 saturated heterocycles. The van der Waals surface area contributed by atoms with E-state index in [0.29, 0.717) is 10.7 Å². The maximum Gasteiger partial charge on any atom is 0.345 e. The molecule has 0 saturated carbocycles. The van der Waals surface area contributed by atoms with Crippen molar-refractivity contribution in [3.8, 4) is 5.82 Å². The number of hydrogen-bond acceptors (Lipinski definition) is 4. The summed E-state index contributed by atoms with van der Waals surface area (Å²) in [7, 11) is 0. The number of carboxylic acids is 1. The van der Waals surface area contributed by atoms with Crippen LogP contribution in [0.15, 0.2) is 30.5 Å². The van der Waals surface area contributed by atoms with E-state index in [1.165, 1.54) is 11.3 Å². The molecule has 0 atom stereocenters. The zero-order valence-electron chi connectivity index (χ0n) is 9.49. The summed E-state index contributed by atoms with van der Waals surface area (Å²) in [6.07, 6.45) is 1.68. The van der Waals surface area contributed by atoms with E-state index in [1.54, 1.807) is 16.9 Å². The second-order valence-electron chi connectivity index (χ2n) is 3.82. The van der Waals surface area contributed by atoms with Crippen molar-refractivity contribution in [3.63, 3.8) is 0 Å². The summed E-state index contributed by atoms with van der Waals surface area (Å²) >= 11 is 1.21. The Kier molecular flexibility index (Phi) is 2.38. The van der Waals surface area contributed by atoms with Crippen LogP contribution in [0.5, 0.6) is 0 Å². The Morgan fingerprint density at radius 2 is 2.28 bits per heavy atom. The number of thiophene rings is 1. The summed E-state index contributed by atoms with van der Waals surface area (Å²) < 4.78 is 1.68. The first kappa shape index (κ1) is 10.9. The van der Waals surface area contributed by atoms with E-state index in [2.05, 4.69) is 10.1 Å². The minimum absolute atomic E-state index is 0.315. The third kappa shape index (κ3) is 1.58. The molecule has 0 bridgehead atoms. The highest BCUT2D eigenvalue weighted by Gasteiger charge is 2.16. The molecule has 3 aromatic rings. The highest BCUT2D eigenvalue weighted by atomic mass is 32.1. The number of aromatic carboxylic acids is 1. The van der Waals surface area contributed by atoms with Gasteiger partial charge in [0.25, 0.3) is 0 Å². The molecule has 0 aliphatic heterocycles. The van der Waals surface area contributed by atoms with Crippen LogP contribution in [0.1, 0.15) is 15.4 Å². The molecule has 0 radical (unpaired) electrons. The van der Waals surface area contributed by atoms with E-state index in [-0.39, 0.29) is 0 Å². The maximum atomic E-state index is 11.0. The number of carbonyl (C=O) groups is 1. The summed E-state index contributed by atoms with van der Waals surface area (Å²) in [5, 5.41) is 14.3. The molecule has 5 nitrogen and oxygen atoms in total. The number of aryl methyl sites for hydroxylation is 1. The predicted molar refractivity (Wildman–Crippen MR) is 68.4 cm³/mol. The van der Waals surface area contributed by atoms with Crippen LogP contribution in [0.2, 0.25) is 0 Å². The number of pyridine rings is 1. The van der Waals surface area contributed by atoms with Gasteiger partial charge in [0.15, 0.2) is 5.82 Å². The highest BCUT2D eigenvalue weighted by molar-refractivity contribution is 7.20. The van der Waals surface area contributed by atoms with Crippen LogP contribution in [0.3, 0.4) is 0 Å². The molecule has 18 heavy (non-hydrogen) atoms. The number of rotatable bonds is 2. The minimum Gasteiger partial charge on any atom is -0.477 e. The van der Waals surface area contributed by atoms with Crippen molar-refractivity contribution in [3.05, 3.63) is 41.0 Å². The number of carboxylic acid groups (broad SMARTS) is 1. The molecule has 3 aromatic heterocycles. The standard InChI is InChI=1S/C12H9N3O2S/c1-7-8-6-9(12(16)17)18-11(8)15(14-7)10-4-2-3-5-13-10/h2-6H,1H3,(H,16,17). The maximum absolute atomic E-state index is 11.0. The molecule has 0 spiro atoms. The number of fused-ring (bicyclic) bond motifs is 1. The fourth-order valence-corrected chi connectivity index (χ4v) is 2.80. The number of aromatic nitrogens is 3. The summed E-state index contributed by atoms with van der Waals surface area (Å²) in [5.41, 5.74) is 0.805. The summed E-state index contributed by atoms with van der Waals surface area (Å²) in [4.78, 5) is 16.3. The Morgan fingerprint density at radius 3 is 2.94 bits per heavy atom. The Balaban J connectivity index is 2.27. The zero-order valence-corrected chi connectivity index (χ0v) is 10.3. The lowest BCUT2D eigenvalue weighted by Gasteiger charge is -1.99. The molecule has 0 aromatic carbocycles. The Morgan fingerprint density at radius 1 is 1.44 bits per heavy atom. The second-order valence-corrected chi connectivity index (χ2v) is 4.85. The number of hydrogen-bond donors (Lipinski definition) is 1. The van der Waals surface area contributed by atoms with Crippen molar-refractivity contribution in [2.75, 3.05) is 0 Å². The van der Waals surface area contributed by atoms with Crippen molar-refractivity contribution >= 4 is 27.5 Å². The average molecular weight is 259 g/mol. The average Bonchev–Trinajstić information content (AvgIpc) is 2.92. The molecule has 6 heteroatoms. The summed E-state index contributed by atoms with van der Waals surface area (Å²) in [5.74, 6) is -0.224. The Bertz CT molecular complexity index is 730. The lowest BCUT2D eigenvalue weighted by Crippen LogP contribution is -1.98. The van der Waals surface area contributed by atoms with Gasteiger partial charge >= 0.3 is 5.97 Å². The van der Waals surface area contributed by atoms with Crippen LogP contribution in [0.4, 0.5) is 0 Å². The first-order chi connectivity index (χ1) is 8.66. The van der Waals surface area contributed by atoms with E-state index in [9.17, 15) is 4.79 Å². The van der Waals surface area contributed by atoms with E-state index >= 15 is 0 Å². The molecule has 0 unspecified atom stereocenters. The van der Waals surface area contributed by atoms with Gasteiger partial charge in [-0.2, -0.15) is 5.10 Å². The van der Waals surface area contributed by atoms with E-state index in [4.69, 9.17) is 5.11 Å². The fraction of sp³-hybridized carbons (Fsp3) is 0.0833. The van der Waals surface area contributed by atoms with Crippen LogP contribution < -0.4 is 0 Å². The highest BCUT2D eigenvalue weighted by Crippen LogP contribution is 2.29. The third-order valence-electron chi connectivity index (χ3n) is 2.62. The first-order valence-electron chi connectivity index (χ1n) is 5.30. The quantitative estimate of drug-likeness (QED) is 0.767. The second kappa shape index (κ2) is 3.92. The molecule has 3 heterocycles. The van der Waals surface area contributed by atoms with Crippen molar-refractivity contribution in [2.24, 2.45) is 0 Å². The lowest BCUT2D eigenvalue weighted by molar-refractivity contribution is 0.0702. The SMILES string of the molecule is Cc1nn(-c2ccccn2)c2sc(C(=O)O)cc12. The van der Waals surface area contributed by atoms with Gasteiger partial charge in [-0.1, -0.05) is 6.07 Å². The van der Waals surface area contributed by atoms with Gasteiger partial charge in [-0.25, -0.2) is 14.5 Å². The minimum atomic E-state index is -0.914. The number of nitrogens with zero attached hydrogens (tertiary/aromatic N) is 3. The predicted octanol–water partition coefficient (Wildman–Crippen LogP) is 2.49. The molecule has 0 amide bonds. The van der Waals surface area contributed by atoms with E-state index < -0.39 is 5.97 Å². The van der Waals surface area contributed by atoms with Crippen molar-refractivity contribution in [1.29, 1.82) is 0 Å². The van der Waals surface area contributed by atoms with Crippen LogP contribution in [0.25, 0.3) is 16.0 Å². The van der Waals surface area contributed by atoms with Crippen LogP contribution in [-0.4, -0.2) is 25.8 Å². The van der Waals surface area contributed by atoms with Gasteiger partial charge in [0.2, 0.25) is 0 Å². The van der Waals surface area contributed by atoms with Gasteiger partial charge in [-0.05, 0) is 25.1 Å². The van der Waals surface area contributed by atoms with Gasteiger partial charge in [-0.15, -0.1) is 11.3 Å². The van der Waals surface area contributed by atoms with Gasteiger partial charge in [0, 0.05) is 11.6 Å². The fourth-order valence-electron chi connectivity index (χ4n) is 1.79. The topological polar surface area (TPSA) is 68.0 Å². The van der Waals surface area contributed by atoms with Gasteiger partial charge in [0.05, 0.1) is 5.69 Å². The molecule has 0 fully saturated rings. The molecule has 90 valence electrons. The molecule has 0 aliphatic carbocycles. The van der Waals surface area contributed by atoms with E-state index in [0.717, 1.165) is 15.9 Å². The Labute approximate surface area is 106 Å². The Hall–Kier alpha value is -2.21. The molecular weight excluding hydrogens is 250 g/mol. The zero-order chi connectivity index (χ0) is 12.7. The van der Waals surface area contributed by atoms with Gasteiger partial charge in [0.1, 0.15) is 9.71 Å². The van der Waals surface area contributed by atoms with Crippen molar-refractivity contribution in [2.45, 2.75) is 6.92 Å². The first-order valence-corrected chi connectivity index (χ1v) is 6.12. The van der Waals surface area contributed by atoms with Gasteiger partial charge in [-0.3, -0.25) is 0 Å². The van der Waals surface area contributed by atoms with Gasteiger partial charge < -0.3 is 5.11 Å². The molecule has 0 aliphatic rings. The van der Waals surface area contributed by atoms with Crippen LogP contribution in [0, 0.1) is 6.92 Å². The summed E-state index contributed by atoms with van der Waals surface area (Å²) in [6.45, 7) is 1.86. The molecule has 1 N–H and O–H groups in total. The normalized spacial score (nSPS) is 10.9. The lowest BCUT2D eigenvalue weighted by atomic mass is 10.3. The van der Waals surface area contributed by atoms with Crippen molar-refractivity contribution in [1.82, 2.24) is 14.8 Å². The largest absolute Gasteiger partial charge is 0.477 e. The van der Waals surface area contributed by atoms with Crippen LogP contribution in [-0.2, 0) is 0 Å². The van der Waals surface area contributed by atoms with Crippen LogP contribution >= 0.6 is 11.3 Å². The monoisotopic (exact) mass is 259 g/mol. The third-order valence-corrected chi connectivity index (χ3v) is 3.72. The van der Waals surface area contributed by atoms with E-state index in [1.807, 2.05) is 25.1 Å². The molecular formula is C12H9N3O2S.